The van der Waals surface area contributed by atoms with Crippen LogP contribution < -0.4 is 5.32 Å². The number of piperidine rings is 1. The first-order chi connectivity index (χ1) is 7.25. The molecular weight excluding hydrogens is 210 g/mol. The summed E-state index contributed by atoms with van der Waals surface area (Å²) >= 11 is 1.55. The van der Waals surface area contributed by atoms with Crippen molar-refractivity contribution in [3.05, 3.63) is 21.9 Å². The van der Waals surface area contributed by atoms with Crippen molar-refractivity contribution in [2.75, 3.05) is 6.54 Å². The lowest BCUT2D eigenvalue weighted by molar-refractivity contribution is -0.136. The Morgan fingerprint density at radius 3 is 3.13 bits per heavy atom. The summed E-state index contributed by atoms with van der Waals surface area (Å²) in [5.41, 5.74) is 1.26. The van der Waals surface area contributed by atoms with Crippen LogP contribution in [0.1, 0.15) is 35.7 Å². The molecule has 0 aromatic carbocycles. The molecule has 0 bridgehead atoms. The van der Waals surface area contributed by atoms with Crippen molar-refractivity contribution in [1.29, 1.82) is 0 Å². The van der Waals surface area contributed by atoms with Gasteiger partial charge in [0.05, 0.1) is 6.42 Å². The van der Waals surface area contributed by atoms with Crippen LogP contribution in [0, 0.1) is 0 Å². The maximum atomic E-state index is 10.5. The minimum absolute atomic E-state index is 0.150. The average Bonchev–Trinajstić information content (AvgIpc) is 2.67. The van der Waals surface area contributed by atoms with Gasteiger partial charge in [-0.2, -0.15) is 0 Å². The highest BCUT2D eigenvalue weighted by molar-refractivity contribution is 7.10. The Hall–Kier alpha value is -0.870. The van der Waals surface area contributed by atoms with E-state index in [0.29, 0.717) is 6.04 Å². The minimum Gasteiger partial charge on any atom is -0.481 e. The van der Waals surface area contributed by atoms with Gasteiger partial charge in [-0.05, 0) is 36.4 Å². The predicted octanol–water partition coefficient (Wildman–Crippen LogP) is 2.19. The van der Waals surface area contributed by atoms with Crippen LogP contribution in [0.15, 0.2) is 11.4 Å². The lowest BCUT2D eigenvalue weighted by atomic mass is 9.99. The van der Waals surface area contributed by atoms with E-state index in [2.05, 4.69) is 10.7 Å². The SMILES string of the molecule is O=C(O)Cc1cc(C2CCCCN2)cs1. The van der Waals surface area contributed by atoms with Crippen molar-refractivity contribution in [3.63, 3.8) is 0 Å². The van der Waals surface area contributed by atoms with E-state index in [0.717, 1.165) is 11.4 Å². The fourth-order valence-electron chi connectivity index (χ4n) is 1.96. The molecule has 1 aliphatic heterocycles. The maximum absolute atomic E-state index is 10.5. The van der Waals surface area contributed by atoms with Crippen LogP contribution in [0.5, 0.6) is 0 Å². The van der Waals surface area contributed by atoms with Gasteiger partial charge in [0.15, 0.2) is 0 Å². The van der Waals surface area contributed by atoms with E-state index < -0.39 is 5.97 Å². The standard InChI is InChI=1S/C11H15NO2S/c13-11(14)6-9-5-8(7-15-9)10-3-1-2-4-12-10/h5,7,10,12H,1-4,6H2,(H,13,14). The molecule has 2 heterocycles. The van der Waals surface area contributed by atoms with Crippen LogP contribution in [-0.4, -0.2) is 17.6 Å². The average molecular weight is 225 g/mol. The van der Waals surface area contributed by atoms with E-state index in [1.807, 2.05) is 6.07 Å². The molecule has 1 unspecified atom stereocenters. The van der Waals surface area contributed by atoms with Crippen LogP contribution in [-0.2, 0) is 11.2 Å². The molecule has 2 rings (SSSR count). The van der Waals surface area contributed by atoms with Gasteiger partial charge in [-0.1, -0.05) is 6.42 Å². The summed E-state index contributed by atoms with van der Waals surface area (Å²) in [5.74, 6) is -0.750. The van der Waals surface area contributed by atoms with Gasteiger partial charge < -0.3 is 10.4 Å². The van der Waals surface area contributed by atoms with Crippen molar-refractivity contribution in [1.82, 2.24) is 5.32 Å². The highest BCUT2D eigenvalue weighted by Gasteiger charge is 2.16. The molecule has 1 fully saturated rings. The van der Waals surface area contributed by atoms with Crippen LogP contribution in [0.4, 0.5) is 0 Å². The largest absolute Gasteiger partial charge is 0.481 e. The number of carbonyl (C=O) groups is 1. The van der Waals surface area contributed by atoms with Crippen molar-refractivity contribution < 1.29 is 9.90 Å². The summed E-state index contributed by atoms with van der Waals surface area (Å²) in [6.07, 6.45) is 3.84. The second-order valence-corrected chi connectivity index (χ2v) is 4.92. The van der Waals surface area contributed by atoms with Gasteiger partial charge >= 0.3 is 5.97 Å². The van der Waals surface area contributed by atoms with Crippen molar-refractivity contribution in [2.45, 2.75) is 31.7 Å². The number of hydrogen-bond acceptors (Lipinski definition) is 3. The molecule has 1 aromatic rings. The first kappa shape index (κ1) is 10.6. The number of nitrogens with one attached hydrogen (secondary N) is 1. The molecule has 0 saturated carbocycles. The zero-order chi connectivity index (χ0) is 10.7. The molecule has 4 heteroatoms. The Morgan fingerprint density at radius 1 is 1.60 bits per heavy atom. The van der Waals surface area contributed by atoms with E-state index in [9.17, 15) is 4.79 Å². The second-order valence-electron chi connectivity index (χ2n) is 3.92. The Kier molecular flexibility index (Phi) is 3.38. The van der Waals surface area contributed by atoms with Crippen LogP contribution in [0.3, 0.4) is 0 Å². The van der Waals surface area contributed by atoms with E-state index in [1.54, 1.807) is 11.3 Å². The highest BCUT2D eigenvalue weighted by atomic mass is 32.1. The first-order valence-electron chi connectivity index (χ1n) is 5.28. The third-order valence-electron chi connectivity index (χ3n) is 2.71. The number of hydrogen-bond donors (Lipinski definition) is 2. The highest BCUT2D eigenvalue weighted by Crippen LogP contribution is 2.27. The molecule has 82 valence electrons. The second kappa shape index (κ2) is 4.77. The summed E-state index contributed by atoms with van der Waals surface area (Å²) in [6, 6.07) is 2.47. The molecule has 1 aliphatic rings. The van der Waals surface area contributed by atoms with Crippen molar-refractivity contribution in [3.8, 4) is 0 Å². The van der Waals surface area contributed by atoms with Gasteiger partial charge in [-0.25, -0.2) is 0 Å². The van der Waals surface area contributed by atoms with Gasteiger partial charge in [0.2, 0.25) is 0 Å². The van der Waals surface area contributed by atoms with Gasteiger partial charge in [-0.15, -0.1) is 11.3 Å². The molecule has 1 atom stereocenters. The zero-order valence-corrected chi connectivity index (χ0v) is 9.35. The Bertz CT molecular complexity index is 342. The van der Waals surface area contributed by atoms with Crippen LogP contribution >= 0.6 is 11.3 Å². The monoisotopic (exact) mass is 225 g/mol. The zero-order valence-electron chi connectivity index (χ0n) is 8.53. The summed E-state index contributed by atoms with van der Waals surface area (Å²) < 4.78 is 0. The Labute approximate surface area is 93.1 Å². The normalized spacial score (nSPS) is 21.5. The molecule has 15 heavy (non-hydrogen) atoms. The number of rotatable bonds is 3. The number of carboxylic acids is 1. The number of thiophene rings is 1. The van der Waals surface area contributed by atoms with Crippen LogP contribution in [0.25, 0.3) is 0 Å². The van der Waals surface area contributed by atoms with Gasteiger partial charge in [-0.3, -0.25) is 4.79 Å². The van der Waals surface area contributed by atoms with Gasteiger partial charge in [0.25, 0.3) is 0 Å². The van der Waals surface area contributed by atoms with Gasteiger partial charge in [0.1, 0.15) is 0 Å². The topological polar surface area (TPSA) is 49.3 Å². The first-order valence-corrected chi connectivity index (χ1v) is 6.16. The van der Waals surface area contributed by atoms with Gasteiger partial charge in [0, 0.05) is 10.9 Å². The number of carboxylic acid groups (broad SMARTS) is 1. The third-order valence-corrected chi connectivity index (χ3v) is 3.67. The lowest BCUT2D eigenvalue weighted by Gasteiger charge is -2.22. The molecule has 0 amide bonds. The van der Waals surface area contributed by atoms with Crippen molar-refractivity contribution in [2.24, 2.45) is 0 Å². The fraction of sp³-hybridized carbons (Fsp3) is 0.545. The summed E-state index contributed by atoms with van der Waals surface area (Å²) in [6.45, 7) is 1.08. The molecule has 0 radical (unpaired) electrons. The van der Waals surface area contributed by atoms with Crippen molar-refractivity contribution >= 4 is 17.3 Å². The number of aliphatic carboxylic acids is 1. The molecule has 2 N–H and O–H groups in total. The smallest absolute Gasteiger partial charge is 0.308 e. The minimum atomic E-state index is -0.750. The molecular formula is C11H15NO2S. The molecule has 1 saturated heterocycles. The van der Waals surface area contributed by atoms with E-state index in [1.165, 1.54) is 24.8 Å². The van der Waals surface area contributed by atoms with E-state index in [4.69, 9.17) is 5.11 Å². The quantitative estimate of drug-likeness (QED) is 0.829. The molecule has 3 nitrogen and oxygen atoms in total. The summed E-state index contributed by atoms with van der Waals surface area (Å²) in [4.78, 5) is 11.5. The summed E-state index contributed by atoms with van der Waals surface area (Å²) in [5, 5.41) is 14.2. The lowest BCUT2D eigenvalue weighted by Crippen LogP contribution is -2.26. The Morgan fingerprint density at radius 2 is 2.47 bits per heavy atom. The van der Waals surface area contributed by atoms with E-state index >= 15 is 0 Å². The van der Waals surface area contributed by atoms with E-state index in [-0.39, 0.29) is 6.42 Å². The van der Waals surface area contributed by atoms with Crippen LogP contribution in [0.2, 0.25) is 0 Å². The maximum Gasteiger partial charge on any atom is 0.308 e. The molecule has 0 aliphatic carbocycles. The summed E-state index contributed by atoms with van der Waals surface area (Å²) in [7, 11) is 0. The molecule has 1 aromatic heterocycles. The fourth-order valence-corrected chi connectivity index (χ4v) is 2.89. The molecule has 0 spiro atoms. The Balaban J connectivity index is 2.02. The predicted molar refractivity (Wildman–Crippen MR) is 60.3 cm³/mol. The third kappa shape index (κ3) is 2.79.